The first-order valence-corrected chi connectivity index (χ1v) is 5.33. The lowest BCUT2D eigenvalue weighted by atomic mass is 10.1. The molecule has 2 N–H and O–H groups in total. The Kier molecular flexibility index (Phi) is 2.61. The molecular formula is C12H15N3. The Labute approximate surface area is 90.1 Å². The summed E-state index contributed by atoms with van der Waals surface area (Å²) in [5.74, 6) is 6.04. The number of nitrogens with two attached hydrogens (primary N) is 1. The van der Waals surface area contributed by atoms with Gasteiger partial charge in [0.25, 0.3) is 0 Å². The summed E-state index contributed by atoms with van der Waals surface area (Å²) < 4.78 is 0. The molecule has 2 rings (SSSR count). The summed E-state index contributed by atoms with van der Waals surface area (Å²) in [6.45, 7) is 2.15. The number of hydrogen-bond acceptors (Lipinski definition) is 3. The van der Waals surface area contributed by atoms with Gasteiger partial charge in [0.2, 0.25) is 0 Å². The van der Waals surface area contributed by atoms with Gasteiger partial charge in [-0.15, -0.1) is 0 Å². The van der Waals surface area contributed by atoms with Crippen LogP contribution in [0.25, 0.3) is 0 Å². The molecule has 0 saturated carbocycles. The van der Waals surface area contributed by atoms with Gasteiger partial charge in [-0.2, -0.15) is 5.26 Å². The van der Waals surface area contributed by atoms with Crippen molar-refractivity contribution in [2.45, 2.75) is 32.2 Å². The average Bonchev–Trinajstić information content (AvgIpc) is 2.57. The van der Waals surface area contributed by atoms with Crippen LogP contribution < -0.4 is 10.9 Å². The maximum atomic E-state index is 9.00. The molecule has 3 heteroatoms. The normalized spacial score (nSPS) is 18.7. The predicted molar refractivity (Wildman–Crippen MR) is 60.2 cm³/mol. The number of nitriles is 1. The highest BCUT2D eigenvalue weighted by Crippen LogP contribution is 2.34. The van der Waals surface area contributed by atoms with Crippen molar-refractivity contribution in [1.82, 2.24) is 0 Å². The van der Waals surface area contributed by atoms with Crippen LogP contribution in [0.3, 0.4) is 0 Å². The van der Waals surface area contributed by atoms with Gasteiger partial charge in [-0.25, -0.2) is 5.84 Å². The maximum absolute atomic E-state index is 9.00. The monoisotopic (exact) mass is 201 g/mol. The van der Waals surface area contributed by atoms with Crippen LogP contribution in [0.5, 0.6) is 0 Å². The highest BCUT2D eigenvalue weighted by Gasteiger charge is 2.28. The first-order chi connectivity index (χ1) is 7.27. The number of hydrogen-bond donors (Lipinski definition) is 1. The molecule has 0 aliphatic carbocycles. The molecule has 0 radical (unpaired) electrons. The molecule has 1 atom stereocenters. The molecule has 0 amide bonds. The van der Waals surface area contributed by atoms with E-state index in [9.17, 15) is 0 Å². The lowest BCUT2D eigenvalue weighted by Gasteiger charge is -2.21. The highest BCUT2D eigenvalue weighted by molar-refractivity contribution is 5.67. The van der Waals surface area contributed by atoms with Crippen LogP contribution in [0.15, 0.2) is 18.2 Å². The second-order valence-corrected chi connectivity index (χ2v) is 3.98. The van der Waals surface area contributed by atoms with E-state index >= 15 is 0 Å². The van der Waals surface area contributed by atoms with Gasteiger partial charge in [-0.1, -0.05) is 25.5 Å². The molecule has 3 nitrogen and oxygen atoms in total. The number of anilines is 1. The Morgan fingerprint density at radius 3 is 3.07 bits per heavy atom. The van der Waals surface area contributed by atoms with E-state index in [1.807, 2.05) is 12.1 Å². The molecule has 1 unspecified atom stereocenters. The molecule has 1 aliphatic heterocycles. The van der Waals surface area contributed by atoms with Crippen molar-refractivity contribution in [1.29, 1.82) is 5.26 Å². The molecule has 1 heterocycles. The number of nitrogens with zero attached hydrogens (tertiary/aromatic N) is 2. The van der Waals surface area contributed by atoms with E-state index in [0.29, 0.717) is 11.6 Å². The van der Waals surface area contributed by atoms with Crippen molar-refractivity contribution >= 4 is 5.69 Å². The Morgan fingerprint density at radius 1 is 1.60 bits per heavy atom. The lowest BCUT2D eigenvalue weighted by Crippen LogP contribution is -2.38. The van der Waals surface area contributed by atoms with Gasteiger partial charge in [0, 0.05) is 6.04 Å². The maximum Gasteiger partial charge on any atom is 0.101 e. The SMILES string of the molecule is CCCC1Cc2cccc(C#N)c2N1N. The molecule has 0 aromatic heterocycles. The minimum atomic E-state index is 0.361. The van der Waals surface area contributed by atoms with E-state index in [2.05, 4.69) is 19.1 Å². The molecule has 0 fully saturated rings. The van der Waals surface area contributed by atoms with E-state index in [-0.39, 0.29) is 0 Å². The summed E-state index contributed by atoms with van der Waals surface area (Å²) >= 11 is 0. The second-order valence-electron chi connectivity index (χ2n) is 3.98. The first kappa shape index (κ1) is 10.0. The van der Waals surface area contributed by atoms with Crippen molar-refractivity contribution in [2.24, 2.45) is 5.84 Å². The molecular weight excluding hydrogens is 186 g/mol. The number of benzene rings is 1. The lowest BCUT2D eigenvalue weighted by molar-refractivity contribution is 0.579. The number of para-hydroxylation sites is 1. The minimum Gasteiger partial charge on any atom is -0.306 e. The molecule has 15 heavy (non-hydrogen) atoms. The molecule has 1 aromatic rings. The average molecular weight is 201 g/mol. The van der Waals surface area contributed by atoms with E-state index in [0.717, 1.165) is 24.9 Å². The van der Waals surface area contributed by atoms with Crippen LogP contribution in [0.1, 0.15) is 30.9 Å². The van der Waals surface area contributed by atoms with E-state index < -0.39 is 0 Å². The van der Waals surface area contributed by atoms with Crippen LogP contribution in [-0.4, -0.2) is 6.04 Å². The van der Waals surface area contributed by atoms with Gasteiger partial charge in [0.05, 0.1) is 11.3 Å². The van der Waals surface area contributed by atoms with Crippen LogP contribution in [0.2, 0.25) is 0 Å². The predicted octanol–water partition coefficient (Wildman–Crippen LogP) is 1.96. The van der Waals surface area contributed by atoms with Crippen LogP contribution in [-0.2, 0) is 6.42 Å². The fourth-order valence-corrected chi connectivity index (χ4v) is 2.26. The standard InChI is InChI=1S/C12H15N3/c1-2-4-11-7-9-5-3-6-10(8-13)12(9)15(11)14/h3,5-6,11H,2,4,7,14H2,1H3. The van der Waals surface area contributed by atoms with Crippen LogP contribution in [0, 0.1) is 11.3 Å². The zero-order chi connectivity index (χ0) is 10.8. The van der Waals surface area contributed by atoms with Crippen molar-refractivity contribution in [3.8, 4) is 6.07 Å². The molecule has 0 saturated heterocycles. The summed E-state index contributed by atoms with van der Waals surface area (Å²) in [7, 11) is 0. The van der Waals surface area contributed by atoms with Crippen molar-refractivity contribution < 1.29 is 0 Å². The zero-order valence-electron chi connectivity index (χ0n) is 8.90. The van der Waals surface area contributed by atoms with Gasteiger partial charge in [-0.05, 0) is 24.5 Å². The van der Waals surface area contributed by atoms with Crippen molar-refractivity contribution in [2.75, 3.05) is 5.01 Å². The molecule has 1 aliphatic rings. The molecule has 78 valence electrons. The fraction of sp³-hybridized carbons (Fsp3) is 0.417. The van der Waals surface area contributed by atoms with Gasteiger partial charge in [0.1, 0.15) is 6.07 Å². The highest BCUT2D eigenvalue weighted by atomic mass is 15.4. The summed E-state index contributed by atoms with van der Waals surface area (Å²) in [4.78, 5) is 0. The smallest absolute Gasteiger partial charge is 0.101 e. The van der Waals surface area contributed by atoms with E-state index in [1.54, 1.807) is 5.01 Å². The third-order valence-corrected chi connectivity index (χ3v) is 2.97. The Bertz CT molecular complexity index is 406. The molecule has 0 spiro atoms. The number of hydrazine groups is 1. The number of fused-ring (bicyclic) bond motifs is 1. The summed E-state index contributed by atoms with van der Waals surface area (Å²) in [6.07, 6.45) is 3.17. The summed E-state index contributed by atoms with van der Waals surface area (Å²) in [6, 6.07) is 8.38. The quantitative estimate of drug-likeness (QED) is 0.744. The first-order valence-electron chi connectivity index (χ1n) is 5.33. The summed E-state index contributed by atoms with van der Waals surface area (Å²) in [5.41, 5.74) is 2.82. The second kappa shape index (κ2) is 3.92. The largest absolute Gasteiger partial charge is 0.306 e. The van der Waals surface area contributed by atoms with Crippen LogP contribution in [0.4, 0.5) is 5.69 Å². The summed E-state index contributed by atoms with van der Waals surface area (Å²) in [5, 5.41) is 10.8. The van der Waals surface area contributed by atoms with Gasteiger partial charge in [0.15, 0.2) is 0 Å². The zero-order valence-corrected chi connectivity index (χ0v) is 8.90. The molecule has 1 aromatic carbocycles. The van der Waals surface area contributed by atoms with Crippen molar-refractivity contribution in [3.63, 3.8) is 0 Å². The fourth-order valence-electron chi connectivity index (χ4n) is 2.26. The minimum absolute atomic E-state index is 0.361. The van der Waals surface area contributed by atoms with Gasteiger partial charge < -0.3 is 5.01 Å². The van der Waals surface area contributed by atoms with E-state index in [4.69, 9.17) is 11.1 Å². The Hall–Kier alpha value is -1.53. The van der Waals surface area contributed by atoms with Gasteiger partial charge >= 0.3 is 0 Å². The van der Waals surface area contributed by atoms with Crippen LogP contribution >= 0.6 is 0 Å². The van der Waals surface area contributed by atoms with E-state index in [1.165, 1.54) is 5.56 Å². The van der Waals surface area contributed by atoms with Crippen molar-refractivity contribution in [3.05, 3.63) is 29.3 Å². The third kappa shape index (κ3) is 1.57. The number of rotatable bonds is 2. The third-order valence-electron chi connectivity index (χ3n) is 2.97. The topological polar surface area (TPSA) is 53.0 Å². The molecule has 0 bridgehead atoms. The Morgan fingerprint density at radius 2 is 2.40 bits per heavy atom. The van der Waals surface area contributed by atoms with Gasteiger partial charge in [-0.3, -0.25) is 0 Å². The Balaban J connectivity index is 2.38.